The lowest BCUT2D eigenvalue weighted by Crippen LogP contribution is -2.49. The Kier molecular flexibility index (Phi) is 11.6. The van der Waals surface area contributed by atoms with Crippen LogP contribution in [0.1, 0.15) is 57.2 Å². The summed E-state index contributed by atoms with van der Waals surface area (Å²) in [6, 6.07) is 21.8. The Bertz CT molecular complexity index is 1680. The topological polar surface area (TPSA) is 148 Å². The fraction of sp³-hybridized carbons (Fsp3) is 0.432. The average Bonchev–Trinajstić information content (AvgIpc) is 3.54. The molecule has 2 aliphatic rings. The van der Waals surface area contributed by atoms with Gasteiger partial charge in [0.2, 0.25) is 0 Å². The molecule has 1 saturated heterocycles. The number of alkyl carbamates (subject to hydrolysis) is 2. The number of amides is 2. The van der Waals surface area contributed by atoms with Crippen molar-refractivity contribution in [2.75, 3.05) is 26.4 Å². The molecule has 1 aliphatic heterocycles. The zero-order valence-corrected chi connectivity index (χ0v) is 30.1. The summed E-state index contributed by atoms with van der Waals surface area (Å²) in [7, 11) is -3.86. The molecule has 0 saturated carbocycles. The standard InChI is InChI=1S/C37H45N2O10P/c1-7-38-35(41)45-20-24-16-18-25(19-17-24)48-50(6,43)49-33-31(22-44-34(40)37(3,4)5)47-23(2)32(33)39-36(42)46-21-30-28-14-10-8-12-26(28)27-13-9-11-15-29(27)30/h8-19,23,30-33H,7,20-22H2,1-6H3,(H,38,41)(H,39,42)/t23-,31+,32?,33?,50?/m0/s1. The highest BCUT2D eigenvalue weighted by Gasteiger charge is 2.48. The van der Waals surface area contributed by atoms with Gasteiger partial charge in [-0.15, -0.1) is 0 Å². The van der Waals surface area contributed by atoms with E-state index < -0.39 is 55.5 Å². The van der Waals surface area contributed by atoms with Gasteiger partial charge in [-0.3, -0.25) is 9.32 Å². The first-order valence-electron chi connectivity index (χ1n) is 16.6. The minimum absolute atomic E-state index is 0.0435. The zero-order valence-electron chi connectivity index (χ0n) is 29.2. The predicted molar refractivity (Wildman–Crippen MR) is 186 cm³/mol. The summed E-state index contributed by atoms with van der Waals surface area (Å²) in [5, 5.41) is 5.40. The molecule has 0 aromatic heterocycles. The number of hydrogen-bond acceptors (Lipinski definition) is 10. The van der Waals surface area contributed by atoms with Crippen LogP contribution >= 0.6 is 7.60 Å². The quantitative estimate of drug-likeness (QED) is 0.117. The second-order valence-corrected chi connectivity index (χ2v) is 15.3. The SMILES string of the molecule is CCNC(=O)OCc1ccc(OP(C)(=O)OC2C(NC(=O)OCC3c4ccccc4-c4ccccc43)[C@H](C)O[C@@H]2COC(=O)C(C)(C)C)cc1. The molecule has 268 valence electrons. The molecule has 13 heteroatoms. The van der Waals surface area contributed by atoms with Crippen LogP contribution in [0.15, 0.2) is 72.8 Å². The highest BCUT2D eigenvalue weighted by atomic mass is 31.2. The monoisotopic (exact) mass is 708 g/mol. The highest BCUT2D eigenvalue weighted by Crippen LogP contribution is 2.48. The van der Waals surface area contributed by atoms with Crippen LogP contribution in [0, 0.1) is 5.41 Å². The number of nitrogens with one attached hydrogen (secondary N) is 2. The van der Waals surface area contributed by atoms with Crippen LogP contribution in [-0.2, 0) is 39.4 Å². The van der Waals surface area contributed by atoms with Crippen molar-refractivity contribution >= 4 is 25.8 Å². The first-order chi connectivity index (χ1) is 23.8. The number of rotatable bonds is 12. The molecule has 0 spiro atoms. The van der Waals surface area contributed by atoms with Crippen molar-refractivity contribution in [3.05, 3.63) is 89.5 Å². The van der Waals surface area contributed by atoms with E-state index >= 15 is 0 Å². The lowest BCUT2D eigenvalue weighted by molar-refractivity contribution is -0.158. The Morgan fingerprint density at radius 3 is 2.06 bits per heavy atom. The molecule has 1 fully saturated rings. The van der Waals surface area contributed by atoms with Gasteiger partial charge in [-0.2, -0.15) is 0 Å². The number of benzene rings is 3. The maximum Gasteiger partial charge on any atom is 0.407 e. The van der Waals surface area contributed by atoms with Crippen molar-refractivity contribution < 1.29 is 46.9 Å². The van der Waals surface area contributed by atoms with Crippen LogP contribution in [-0.4, -0.2) is 68.9 Å². The molecule has 1 aliphatic carbocycles. The van der Waals surface area contributed by atoms with Gasteiger partial charge in [0.15, 0.2) is 0 Å². The van der Waals surface area contributed by atoms with E-state index in [1.165, 1.54) is 6.66 Å². The van der Waals surface area contributed by atoms with Crippen molar-refractivity contribution in [1.29, 1.82) is 0 Å². The second kappa shape index (κ2) is 15.7. The molecule has 5 rings (SSSR count). The summed E-state index contributed by atoms with van der Waals surface area (Å²) in [6.45, 7) is 10.4. The minimum atomic E-state index is -3.86. The van der Waals surface area contributed by atoms with E-state index in [1.807, 2.05) is 36.4 Å². The molecule has 0 bridgehead atoms. The Morgan fingerprint density at radius 1 is 0.840 bits per heavy atom. The molecule has 1 heterocycles. The first kappa shape index (κ1) is 36.9. The van der Waals surface area contributed by atoms with Crippen LogP contribution in [0.2, 0.25) is 0 Å². The smallest absolute Gasteiger partial charge is 0.407 e. The average molecular weight is 709 g/mol. The predicted octanol–water partition coefficient (Wildman–Crippen LogP) is 6.80. The largest absolute Gasteiger partial charge is 0.462 e. The number of esters is 1. The van der Waals surface area contributed by atoms with E-state index in [0.29, 0.717) is 12.1 Å². The van der Waals surface area contributed by atoms with Crippen molar-refractivity contribution in [3.8, 4) is 16.9 Å². The Labute approximate surface area is 292 Å². The molecular formula is C37H45N2O10P. The number of carbonyl (C=O) groups is 3. The Morgan fingerprint density at radius 2 is 1.46 bits per heavy atom. The number of carbonyl (C=O) groups excluding carboxylic acids is 3. The van der Waals surface area contributed by atoms with Crippen molar-refractivity contribution in [1.82, 2.24) is 10.6 Å². The normalized spacial score (nSPS) is 20.9. The molecule has 2 amide bonds. The van der Waals surface area contributed by atoms with E-state index in [4.69, 9.17) is 28.0 Å². The van der Waals surface area contributed by atoms with Gasteiger partial charge in [-0.1, -0.05) is 60.7 Å². The van der Waals surface area contributed by atoms with Crippen LogP contribution in [0.25, 0.3) is 11.1 Å². The fourth-order valence-corrected chi connectivity index (χ4v) is 7.24. The highest BCUT2D eigenvalue weighted by molar-refractivity contribution is 7.53. The molecular weight excluding hydrogens is 663 g/mol. The summed E-state index contributed by atoms with van der Waals surface area (Å²) in [6.07, 6.45) is -3.76. The molecule has 5 atom stereocenters. The molecule has 3 aromatic rings. The molecule has 50 heavy (non-hydrogen) atoms. The maximum atomic E-state index is 13.8. The van der Waals surface area contributed by atoms with Crippen molar-refractivity contribution in [2.45, 2.75) is 71.5 Å². The molecule has 3 unspecified atom stereocenters. The third-order valence-electron chi connectivity index (χ3n) is 8.43. The summed E-state index contributed by atoms with van der Waals surface area (Å²) in [5.41, 5.74) is 4.30. The van der Waals surface area contributed by atoms with Gasteiger partial charge < -0.3 is 34.1 Å². The summed E-state index contributed by atoms with van der Waals surface area (Å²) < 4.78 is 48.2. The zero-order chi connectivity index (χ0) is 36.1. The van der Waals surface area contributed by atoms with Gasteiger partial charge >= 0.3 is 25.8 Å². The van der Waals surface area contributed by atoms with Crippen LogP contribution in [0.3, 0.4) is 0 Å². The van der Waals surface area contributed by atoms with Crippen molar-refractivity contribution in [3.63, 3.8) is 0 Å². The van der Waals surface area contributed by atoms with E-state index in [2.05, 4.69) is 22.8 Å². The third-order valence-corrected chi connectivity index (χ3v) is 9.60. The number of hydrogen-bond donors (Lipinski definition) is 2. The van der Waals surface area contributed by atoms with E-state index in [-0.39, 0.29) is 31.5 Å². The van der Waals surface area contributed by atoms with Crippen LogP contribution < -0.4 is 15.2 Å². The summed E-state index contributed by atoms with van der Waals surface area (Å²) >= 11 is 0. The minimum Gasteiger partial charge on any atom is -0.462 e. The molecule has 0 radical (unpaired) electrons. The molecule has 12 nitrogen and oxygen atoms in total. The van der Waals surface area contributed by atoms with Gasteiger partial charge in [0.1, 0.15) is 37.8 Å². The van der Waals surface area contributed by atoms with E-state index in [0.717, 1.165) is 22.3 Å². The van der Waals surface area contributed by atoms with E-state index in [1.54, 1.807) is 58.9 Å². The van der Waals surface area contributed by atoms with Gasteiger partial charge in [-0.25, -0.2) is 14.2 Å². The molecule has 3 aromatic carbocycles. The fourth-order valence-electron chi connectivity index (χ4n) is 5.98. The summed E-state index contributed by atoms with van der Waals surface area (Å²) in [4.78, 5) is 37.6. The van der Waals surface area contributed by atoms with Gasteiger partial charge in [0, 0.05) is 19.1 Å². The number of fused-ring (bicyclic) bond motifs is 3. The van der Waals surface area contributed by atoms with Gasteiger partial charge in [0.05, 0.1) is 17.6 Å². The van der Waals surface area contributed by atoms with Gasteiger partial charge in [0.25, 0.3) is 0 Å². The third kappa shape index (κ3) is 9.04. The lowest BCUT2D eigenvalue weighted by atomic mass is 9.97. The van der Waals surface area contributed by atoms with Crippen LogP contribution in [0.5, 0.6) is 5.75 Å². The van der Waals surface area contributed by atoms with E-state index in [9.17, 15) is 18.9 Å². The Hall–Kier alpha value is -4.38. The lowest BCUT2D eigenvalue weighted by Gasteiger charge is -2.28. The maximum absolute atomic E-state index is 13.8. The van der Waals surface area contributed by atoms with Crippen molar-refractivity contribution in [2.24, 2.45) is 5.41 Å². The summed E-state index contributed by atoms with van der Waals surface area (Å²) in [5.74, 6) is -0.341. The van der Waals surface area contributed by atoms with Crippen LogP contribution in [0.4, 0.5) is 9.59 Å². The van der Waals surface area contributed by atoms with Gasteiger partial charge in [-0.05, 0) is 74.6 Å². The second-order valence-electron chi connectivity index (χ2n) is 13.4. The number of ether oxygens (including phenoxy) is 4. The molecule has 2 N–H and O–H groups in total. The first-order valence-corrected chi connectivity index (χ1v) is 18.6. The Balaban J connectivity index is 1.27.